The number of piperazine rings is 1. The van der Waals surface area contributed by atoms with Gasteiger partial charge in [0.25, 0.3) is 0 Å². The van der Waals surface area contributed by atoms with Crippen molar-refractivity contribution < 1.29 is 13.9 Å². The number of rotatable bonds is 5. The molecular formula is C24H30FN7O2S. The molecule has 1 amide bonds. The summed E-state index contributed by atoms with van der Waals surface area (Å²) in [4.78, 5) is 29.0. The maximum Gasteiger partial charge on any atom is 0.219 e. The number of nitrogens with zero attached hydrogens (tertiary/aromatic N) is 5. The Labute approximate surface area is 210 Å². The lowest BCUT2D eigenvalue weighted by atomic mass is 10.1. The topological polar surface area (TPSA) is 95.5 Å². The van der Waals surface area contributed by atoms with Crippen LogP contribution in [0.2, 0.25) is 0 Å². The molecule has 5 rings (SSSR count). The van der Waals surface area contributed by atoms with Gasteiger partial charge in [-0.15, -0.1) is 0 Å². The minimum absolute atomic E-state index is 0. The minimum atomic E-state index is -0.314. The van der Waals surface area contributed by atoms with Gasteiger partial charge in [-0.2, -0.15) is 13.5 Å². The highest BCUT2D eigenvalue weighted by Gasteiger charge is 2.22. The molecule has 2 aliphatic rings. The molecule has 0 aliphatic carbocycles. The summed E-state index contributed by atoms with van der Waals surface area (Å²) in [5, 5.41) is 6.66. The van der Waals surface area contributed by atoms with Crippen LogP contribution in [0, 0.1) is 5.82 Å². The van der Waals surface area contributed by atoms with Crippen LogP contribution in [0.3, 0.4) is 0 Å². The number of benzene rings is 1. The summed E-state index contributed by atoms with van der Waals surface area (Å²) in [5.41, 5.74) is 3.16. The first-order valence-electron chi connectivity index (χ1n) is 11.6. The molecule has 0 radical (unpaired) electrons. The molecule has 2 aliphatic heterocycles. The van der Waals surface area contributed by atoms with Crippen molar-refractivity contribution in [3.8, 4) is 11.3 Å². The first-order valence-corrected chi connectivity index (χ1v) is 11.6. The number of ether oxygens (including phenoxy) is 1. The van der Waals surface area contributed by atoms with Crippen molar-refractivity contribution in [3.05, 3.63) is 42.5 Å². The summed E-state index contributed by atoms with van der Waals surface area (Å²) in [7, 11) is 0. The molecule has 0 bridgehead atoms. The standard InChI is InChI=1S/C24H28FN7O2.H2S/c1-16(33)31-7-9-32(10-8-31)22-3-2-17(12-19(22)25)20-13-21-23(28-5-4-27-21)24(30-20)29-15-18-14-26-6-11-34-18;/h2-5,12-13,18,26H,6-11,14-15H2,1H3,(H,29,30);1H2/t18-;/m0./s1. The fraction of sp³-hybridized carbons (Fsp3) is 0.417. The van der Waals surface area contributed by atoms with Crippen LogP contribution in [-0.4, -0.2) is 84.3 Å². The van der Waals surface area contributed by atoms with E-state index in [1.807, 2.05) is 17.0 Å². The zero-order valence-electron chi connectivity index (χ0n) is 19.6. The van der Waals surface area contributed by atoms with Crippen molar-refractivity contribution in [1.29, 1.82) is 0 Å². The van der Waals surface area contributed by atoms with E-state index >= 15 is 4.39 Å². The first-order chi connectivity index (χ1) is 16.6. The number of pyridine rings is 1. The zero-order valence-corrected chi connectivity index (χ0v) is 20.6. The molecule has 2 N–H and O–H groups in total. The number of halogens is 1. The van der Waals surface area contributed by atoms with Crippen LogP contribution in [0.5, 0.6) is 0 Å². The number of amides is 1. The van der Waals surface area contributed by atoms with E-state index in [2.05, 4.69) is 20.6 Å². The van der Waals surface area contributed by atoms with Gasteiger partial charge in [0, 0.05) is 70.7 Å². The molecule has 2 saturated heterocycles. The number of carbonyl (C=O) groups is 1. The lowest BCUT2D eigenvalue weighted by molar-refractivity contribution is -0.129. The molecule has 2 aromatic heterocycles. The molecule has 186 valence electrons. The van der Waals surface area contributed by atoms with Crippen molar-refractivity contribution >= 4 is 41.9 Å². The monoisotopic (exact) mass is 499 g/mol. The highest BCUT2D eigenvalue weighted by atomic mass is 32.1. The van der Waals surface area contributed by atoms with Crippen molar-refractivity contribution in [3.63, 3.8) is 0 Å². The van der Waals surface area contributed by atoms with Crippen LogP contribution in [0.4, 0.5) is 15.9 Å². The Hall–Kier alpha value is -3.02. The van der Waals surface area contributed by atoms with Gasteiger partial charge in [0.2, 0.25) is 5.91 Å². The van der Waals surface area contributed by atoms with Gasteiger partial charge in [0.15, 0.2) is 5.82 Å². The van der Waals surface area contributed by atoms with Crippen LogP contribution >= 0.6 is 13.5 Å². The second-order valence-corrected chi connectivity index (χ2v) is 8.52. The molecule has 1 aromatic carbocycles. The van der Waals surface area contributed by atoms with Gasteiger partial charge in [-0.25, -0.2) is 14.4 Å². The Morgan fingerprint density at radius 1 is 1.20 bits per heavy atom. The highest BCUT2D eigenvalue weighted by molar-refractivity contribution is 7.59. The van der Waals surface area contributed by atoms with Crippen LogP contribution in [0.15, 0.2) is 36.7 Å². The van der Waals surface area contributed by atoms with Crippen molar-refractivity contribution in [2.24, 2.45) is 0 Å². The van der Waals surface area contributed by atoms with Gasteiger partial charge in [0.05, 0.1) is 29.6 Å². The van der Waals surface area contributed by atoms with Crippen LogP contribution in [0.1, 0.15) is 6.92 Å². The normalized spacial score (nSPS) is 18.3. The van der Waals surface area contributed by atoms with E-state index in [4.69, 9.17) is 9.72 Å². The third-order valence-electron chi connectivity index (χ3n) is 6.27. The summed E-state index contributed by atoms with van der Waals surface area (Å²) in [6.07, 6.45) is 3.30. The molecule has 0 spiro atoms. The minimum Gasteiger partial charge on any atom is -0.374 e. The number of morpholine rings is 1. The van der Waals surface area contributed by atoms with Gasteiger partial charge in [-0.3, -0.25) is 9.78 Å². The van der Waals surface area contributed by atoms with E-state index in [-0.39, 0.29) is 31.3 Å². The number of anilines is 2. The number of hydrogen-bond acceptors (Lipinski definition) is 8. The number of fused-ring (bicyclic) bond motifs is 1. The third kappa shape index (κ3) is 5.63. The lowest BCUT2D eigenvalue weighted by Crippen LogP contribution is -2.48. The van der Waals surface area contributed by atoms with Crippen LogP contribution < -0.4 is 15.5 Å². The van der Waals surface area contributed by atoms with E-state index in [1.54, 1.807) is 30.3 Å². The molecule has 4 heterocycles. The SMILES string of the molecule is CC(=O)N1CCN(c2ccc(-c3cc4nccnc4c(NC[C@@H]4CNCCO4)n3)cc2F)CC1.S. The maximum absolute atomic E-state index is 15.2. The number of aromatic nitrogens is 3. The Morgan fingerprint density at radius 2 is 2.00 bits per heavy atom. The van der Waals surface area contributed by atoms with E-state index < -0.39 is 0 Å². The Bertz CT molecular complexity index is 1180. The van der Waals surface area contributed by atoms with Gasteiger partial charge in [-0.05, 0) is 18.2 Å². The van der Waals surface area contributed by atoms with Gasteiger partial charge >= 0.3 is 0 Å². The first kappa shape index (κ1) is 25.1. The van der Waals surface area contributed by atoms with E-state index in [1.165, 1.54) is 6.07 Å². The van der Waals surface area contributed by atoms with Gasteiger partial charge < -0.3 is 25.2 Å². The van der Waals surface area contributed by atoms with Crippen LogP contribution in [0.25, 0.3) is 22.3 Å². The number of nitrogens with one attached hydrogen (secondary N) is 2. The molecule has 35 heavy (non-hydrogen) atoms. The molecule has 0 saturated carbocycles. The fourth-order valence-electron chi connectivity index (χ4n) is 4.39. The third-order valence-corrected chi connectivity index (χ3v) is 6.27. The summed E-state index contributed by atoms with van der Waals surface area (Å²) in [6.45, 7) is 6.83. The summed E-state index contributed by atoms with van der Waals surface area (Å²) >= 11 is 0. The number of carbonyl (C=O) groups excluding carboxylic acids is 1. The zero-order chi connectivity index (χ0) is 23.5. The average Bonchev–Trinajstić information content (AvgIpc) is 2.87. The van der Waals surface area contributed by atoms with Gasteiger partial charge in [-0.1, -0.05) is 6.07 Å². The largest absolute Gasteiger partial charge is 0.374 e. The van der Waals surface area contributed by atoms with Crippen LogP contribution in [-0.2, 0) is 9.53 Å². The second-order valence-electron chi connectivity index (χ2n) is 8.52. The molecule has 1 atom stereocenters. The fourth-order valence-corrected chi connectivity index (χ4v) is 4.39. The van der Waals surface area contributed by atoms with Crippen molar-refractivity contribution in [2.75, 3.05) is 62.6 Å². The summed E-state index contributed by atoms with van der Waals surface area (Å²) < 4.78 is 20.9. The molecular weight excluding hydrogens is 469 g/mol. The molecule has 11 heteroatoms. The number of hydrogen-bond donors (Lipinski definition) is 2. The Balaban J connectivity index is 0.00000289. The van der Waals surface area contributed by atoms with Gasteiger partial charge in [0.1, 0.15) is 11.3 Å². The molecule has 0 unspecified atom stereocenters. The molecule has 9 nitrogen and oxygen atoms in total. The summed E-state index contributed by atoms with van der Waals surface area (Å²) in [5.74, 6) is 0.335. The quantitative estimate of drug-likeness (QED) is 0.551. The summed E-state index contributed by atoms with van der Waals surface area (Å²) in [6, 6.07) is 6.99. The van der Waals surface area contributed by atoms with E-state index in [0.717, 1.165) is 13.1 Å². The Kier molecular flexibility index (Phi) is 7.99. The lowest BCUT2D eigenvalue weighted by Gasteiger charge is -2.35. The average molecular weight is 500 g/mol. The Morgan fingerprint density at radius 3 is 2.71 bits per heavy atom. The second kappa shape index (κ2) is 11.1. The molecule has 3 aromatic rings. The van der Waals surface area contributed by atoms with E-state index in [0.29, 0.717) is 73.1 Å². The predicted molar refractivity (Wildman–Crippen MR) is 139 cm³/mol. The predicted octanol–water partition coefficient (Wildman–Crippen LogP) is 2.01. The smallest absolute Gasteiger partial charge is 0.219 e. The van der Waals surface area contributed by atoms with E-state index in [9.17, 15) is 4.79 Å². The van der Waals surface area contributed by atoms with Crippen molar-refractivity contribution in [1.82, 2.24) is 25.2 Å². The molecule has 2 fully saturated rings. The highest BCUT2D eigenvalue weighted by Crippen LogP contribution is 2.29. The van der Waals surface area contributed by atoms with Crippen molar-refractivity contribution in [2.45, 2.75) is 13.0 Å². The maximum atomic E-state index is 15.2.